The van der Waals surface area contributed by atoms with Gasteiger partial charge in [0.1, 0.15) is 0 Å². The van der Waals surface area contributed by atoms with Crippen molar-refractivity contribution in [1.29, 1.82) is 0 Å². The summed E-state index contributed by atoms with van der Waals surface area (Å²) in [5.41, 5.74) is 0. The molecule has 0 saturated heterocycles. The lowest BCUT2D eigenvalue weighted by Crippen LogP contribution is -1.40. The van der Waals surface area contributed by atoms with E-state index < -0.39 is 0 Å². The van der Waals surface area contributed by atoms with Gasteiger partial charge in [-0.1, -0.05) is 14.9 Å². The first-order valence-corrected chi connectivity index (χ1v) is 1.35. The van der Waals surface area contributed by atoms with Crippen LogP contribution in [0.1, 0.15) is 21.8 Å². The molecule has 0 heterocycles. The van der Waals surface area contributed by atoms with Crippen LogP contribution in [0, 0.1) is 0 Å². The Bertz CT molecular complexity index is 6.04. The molecule has 0 radical (unpaired) electrons. The first-order valence-electron chi connectivity index (χ1n) is 1.35. The van der Waals surface area contributed by atoms with Gasteiger partial charge in [-0.15, -0.1) is 0 Å². The molecule has 0 bridgehead atoms. The number of hydrogen-bond donors (Lipinski definition) is 0. The summed E-state index contributed by atoms with van der Waals surface area (Å²) in [6.07, 6.45) is 0. The van der Waals surface area contributed by atoms with E-state index in [2.05, 4.69) is 0 Å². The van der Waals surface area contributed by atoms with Crippen LogP contribution in [0.15, 0.2) is 0 Å². The van der Waals surface area contributed by atoms with Gasteiger partial charge in [-0.3, -0.25) is 8.78 Å². The summed E-state index contributed by atoms with van der Waals surface area (Å²) in [6, 6.07) is 0. The maximum absolute atomic E-state index is 10.3. The topological polar surface area (TPSA) is 0 Å². The van der Waals surface area contributed by atoms with Gasteiger partial charge in [-0.2, -0.15) is 0 Å². The number of rotatable bonds is 0. The van der Waals surface area contributed by atoms with E-state index in [4.69, 9.17) is 0 Å². The van der Waals surface area contributed by atoms with Gasteiger partial charge in [0.05, 0.1) is 13.9 Å². The van der Waals surface area contributed by atoms with Crippen molar-refractivity contribution in [2.75, 3.05) is 13.9 Å². The van der Waals surface area contributed by atoms with Crippen molar-refractivity contribution in [1.82, 2.24) is 0 Å². The molecule has 0 nitrogen and oxygen atoms in total. The van der Waals surface area contributed by atoms with Crippen LogP contribution >= 0.6 is 0 Å². The molecule has 0 spiro atoms. The first-order chi connectivity index (χ1) is 2.41. The lowest BCUT2D eigenvalue weighted by atomic mass is 10.9. The van der Waals surface area contributed by atoms with E-state index in [1.54, 1.807) is 0 Å². The van der Waals surface area contributed by atoms with Gasteiger partial charge < -0.3 is 0 Å². The fourth-order valence-corrected chi connectivity index (χ4v) is 0. The molecule has 0 aliphatic carbocycles. The van der Waals surface area contributed by atoms with Gasteiger partial charge in [0, 0.05) is 0 Å². The summed E-state index contributed by atoms with van der Waals surface area (Å²) in [7, 11) is 0.500. The Morgan fingerprint density at radius 2 is 1.14 bits per heavy atom. The fourth-order valence-electron chi connectivity index (χ4n) is 0. The zero-order valence-corrected chi connectivity index (χ0v) is 3.46. The molecule has 0 unspecified atom stereocenters. The molecule has 0 fully saturated rings. The van der Waals surface area contributed by atoms with Crippen molar-refractivity contribution in [3.05, 3.63) is 0 Å². The third-order valence-electron chi connectivity index (χ3n) is 0. The molecule has 0 atom stereocenters. The van der Waals surface area contributed by atoms with Gasteiger partial charge in [-0.25, -0.2) is 0 Å². The average molecular weight is 114 g/mol. The molecule has 50 valence electrons. The predicted molar refractivity (Wildman–Crippen MR) is 32.1 cm³/mol. The van der Waals surface area contributed by atoms with Gasteiger partial charge in [0.2, 0.25) is 0 Å². The lowest BCUT2D eigenvalue weighted by molar-refractivity contribution is 0.527. The molecular formula is C5H16F2. The zero-order valence-electron chi connectivity index (χ0n) is 3.46. The molecule has 0 aliphatic heterocycles. The van der Waals surface area contributed by atoms with Crippen LogP contribution in [0.3, 0.4) is 0 Å². The van der Waals surface area contributed by atoms with Crippen LogP contribution in [0.2, 0.25) is 0 Å². The third kappa shape index (κ3) is 4450. The molecule has 2 heteroatoms. The Morgan fingerprint density at radius 1 is 1.14 bits per heavy atom. The minimum absolute atomic E-state index is 0. The summed E-state index contributed by atoms with van der Waals surface area (Å²) in [5.74, 6) is 0. The van der Waals surface area contributed by atoms with E-state index in [9.17, 15) is 8.78 Å². The van der Waals surface area contributed by atoms with Crippen LogP contribution < -0.4 is 0 Å². The fraction of sp³-hybridized carbons (Fsp3) is 1.00. The molecular weight excluding hydrogens is 98.1 g/mol. The standard InChI is InChI=1S/C2H5F.CH3F.2CH4/c1-2-3;1-2;;/h2H2,1H3;1H3;2*1H4. The molecule has 0 aliphatic rings. The highest BCUT2D eigenvalue weighted by molar-refractivity contribution is 3.86. The Kier molecular flexibility index (Phi) is 770. The van der Waals surface area contributed by atoms with E-state index in [0.29, 0.717) is 7.18 Å². The highest BCUT2D eigenvalue weighted by Crippen LogP contribution is 1.48. The van der Waals surface area contributed by atoms with Crippen molar-refractivity contribution >= 4 is 0 Å². The molecule has 0 aromatic carbocycles. The summed E-state index contributed by atoms with van der Waals surface area (Å²) < 4.78 is 19.8. The minimum Gasteiger partial charge on any atom is -0.255 e. The maximum atomic E-state index is 10.3. The second kappa shape index (κ2) is 187. The number of alkyl halides is 2. The van der Waals surface area contributed by atoms with Crippen molar-refractivity contribution in [3.8, 4) is 0 Å². The summed E-state index contributed by atoms with van der Waals surface area (Å²) in [4.78, 5) is 0. The summed E-state index contributed by atoms with van der Waals surface area (Å²) in [6.45, 7) is 1.21. The molecule has 0 saturated carbocycles. The normalized spacial score (nSPS) is 3.43. The molecule has 0 aromatic rings. The SMILES string of the molecule is C.C.CCF.CF. The second-order valence-corrected chi connectivity index (χ2v) is 0.267. The van der Waals surface area contributed by atoms with E-state index >= 15 is 0 Å². The predicted octanol–water partition coefficient (Wildman–Crippen LogP) is 2.83. The highest BCUT2D eigenvalue weighted by Gasteiger charge is 1.39. The van der Waals surface area contributed by atoms with E-state index in [1.165, 1.54) is 6.92 Å². The van der Waals surface area contributed by atoms with Crippen molar-refractivity contribution < 1.29 is 8.78 Å². The van der Waals surface area contributed by atoms with E-state index in [1.807, 2.05) is 0 Å². The first kappa shape index (κ1) is 28.8. The van der Waals surface area contributed by atoms with Crippen LogP contribution in [0.4, 0.5) is 8.78 Å². The van der Waals surface area contributed by atoms with Gasteiger partial charge >= 0.3 is 0 Å². The number of halogens is 2. The molecule has 0 N–H and O–H groups in total. The zero-order chi connectivity index (χ0) is 4.71. The van der Waals surface area contributed by atoms with Crippen LogP contribution in [0.5, 0.6) is 0 Å². The molecule has 7 heavy (non-hydrogen) atoms. The quantitative estimate of drug-likeness (QED) is 0.454. The van der Waals surface area contributed by atoms with Gasteiger partial charge in [0.25, 0.3) is 0 Å². The van der Waals surface area contributed by atoms with Crippen LogP contribution in [0.25, 0.3) is 0 Å². The largest absolute Gasteiger partial charge is 0.255 e. The van der Waals surface area contributed by atoms with Crippen molar-refractivity contribution in [2.24, 2.45) is 0 Å². The summed E-state index contributed by atoms with van der Waals surface area (Å²) >= 11 is 0. The maximum Gasteiger partial charge on any atom is 0.0866 e. The average Bonchev–Trinajstić information content (AvgIpc) is 1.46. The van der Waals surface area contributed by atoms with Crippen LogP contribution in [-0.2, 0) is 0 Å². The van der Waals surface area contributed by atoms with E-state index in [0.717, 1.165) is 0 Å². The van der Waals surface area contributed by atoms with E-state index in [-0.39, 0.29) is 21.5 Å². The number of hydrogen-bond acceptors (Lipinski definition) is 0. The lowest BCUT2D eigenvalue weighted by Gasteiger charge is -1.45. The van der Waals surface area contributed by atoms with Crippen LogP contribution in [-0.4, -0.2) is 13.9 Å². The minimum atomic E-state index is -0.250. The Balaban J connectivity index is -0.0000000105. The Hall–Kier alpha value is -0.140. The smallest absolute Gasteiger partial charge is 0.0866 e. The van der Waals surface area contributed by atoms with Gasteiger partial charge in [-0.05, 0) is 6.92 Å². The van der Waals surface area contributed by atoms with Crippen molar-refractivity contribution in [3.63, 3.8) is 0 Å². The molecule has 0 rings (SSSR count). The summed E-state index contributed by atoms with van der Waals surface area (Å²) in [5, 5.41) is 0. The Labute approximate surface area is 45.5 Å². The molecule has 0 amide bonds. The van der Waals surface area contributed by atoms with Crippen molar-refractivity contribution in [2.45, 2.75) is 21.8 Å². The van der Waals surface area contributed by atoms with Gasteiger partial charge in [0.15, 0.2) is 0 Å². The second-order valence-electron chi connectivity index (χ2n) is 0.267. The monoisotopic (exact) mass is 114 g/mol. The third-order valence-corrected chi connectivity index (χ3v) is 0. The Morgan fingerprint density at radius 3 is 1.14 bits per heavy atom. The highest BCUT2D eigenvalue weighted by atomic mass is 19.1. The molecule has 0 aromatic heterocycles.